The smallest absolute Gasteiger partial charge is 0.243 e. The summed E-state index contributed by atoms with van der Waals surface area (Å²) in [6.45, 7) is 7.03. The molecule has 0 aromatic heterocycles. The van der Waals surface area contributed by atoms with E-state index in [0.717, 1.165) is 47.2 Å². The van der Waals surface area contributed by atoms with E-state index in [9.17, 15) is 9.59 Å². The topological polar surface area (TPSA) is 61.4 Å². The fourth-order valence-corrected chi connectivity index (χ4v) is 3.52. The van der Waals surface area contributed by atoms with Crippen molar-refractivity contribution in [2.45, 2.75) is 26.8 Å². The lowest BCUT2D eigenvalue weighted by atomic mass is 10.0. The van der Waals surface area contributed by atoms with Crippen molar-refractivity contribution >= 4 is 28.3 Å². The Morgan fingerprint density at radius 2 is 1.60 bits per heavy atom. The van der Waals surface area contributed by atoms with Crippen LogP contribution in [0.3, 0.4) is 0 Å². The van der Waals surface area contributed by atoms with E-state index in [0.29, 0.717) is 0 Å². The van der Waals surface area contributed by atoms with Crippen LogP contribution in [0.15, 0.2) is 66.7 Å². The summed E-state index contributed by atoms with van der Waals surface area (Å²) in [6, 6.07) is 21.7. The molecule has 0 unspecified atom stereocenters. The lowest BCUT2D eigenvalue weighted by Gasteiger charge is -2.18. The number of rotatable bonds is 9. The number of carbonyl (C=O) groups excluding carboxylic acids is 2. The van der Waals surface area contributed by atoms with Gasteiger partial charge < -0.3 is 10.6 Å². The number of benzene rings is 3. The summed E-state index contributed by atoms with van der Waals surface area (Å²) in [4.78, 5) is 27.0. The maximum atomic E-state index is 12.4. The highest BCUT2D eigenvalue weighted by molar-refractivity contribution is 5.95. The summed E-state index contributed by atoms with van der Waals surface area (Å²) in [5.74, 6) is -0.405. The first kappa shape index (κ1) is 21.5. The maximum absolute atomic E-state index is 12.4. The molecule has 0 heterocycles. The molecule has 3 aromatic carbocycles. The Hall–Kier alpha value is -3.18. The predicted molar refractivity (Wildman–Crippen MR) is 122 cm³/mol. The summed E-state index contributed by atoms with van der Waals surface area (Å²) >= 11 is 0. The van der Waals surface area contributed by atoms with Crippen LogP contribution in [0.2, 0.25) is 0 Å². The Morgan fingerprint density at radius 3 is 2.40 bits per heavy atom. The van der Waals surface area contributed by atoms with Crippen LogP contribution in [0.1, 0.15) is 25.0 Å². The molecular weight excluding hydrogens is 374 g/mol. The van der Waals surface area contributed by atoms with Gasteiger partial charge in [0.25, 0.3) is 0 Å². The number of hydrogen-bond donors (Lipinski definition) is 2. The van der Waals surface area contributed by atoms with Crippen LogP contribution >= 0.6 is 0 Å². The maximum Gasteiger partial charge on any atom is 0.243 e. The van der Waals surface area contributed by atoms with Gasteiger partial charge in [0.05, 0.1) is 13.0 Å². The van der Waals surface area contributed by atoms with Crippen LogP contribution in [-0.2, 0) is 22.6 Å². The van der Waals surface area contributed by atoms with E-state index in [1.807, 2.05) is 60.7 Å². The molecule has 0 aliphatic rings. The number of nitrogens with zero attached hydrogens (tertiary/aromatic N) is 1. The fraction of sp³-hybridized carbons (Fsp3) is 0.280. The standard InChI is InChI=1S/C25H29N3O2/c1-3-28(4-2)18-19-9-7-13-22(15-19)27-25(30)17-26-24(29)16-21-12-8-11-20-10-5-6-14-23(20)21/h5-15H,3-4,16-18H2,1-2H3,(H,26,29)(H,27,30). The molecule has 0 bridgehead atoms. The number of amides is 2. The Kier molecular flexibility index (Phi) is 7.57. The first-order chi connectivity index (χ1) is 14.6. The van der Waals surface area contributed by atoms with Crippen LogP contribution in [-0.4, -0.2) is 36.3 Å². The highest BCUT2D eigenvalue weighted by atomic mass is 16.2. The summed E-state index contributed by atoms with van der Waals surface area (Å²) < 4.78 is 0. The molecule has 0 radical (unpaired) electrons. The fourth-order valence-electron chi connectivity index (χ4n) is 3.52. The van der Waals surface area contributed by atoms with Crippen LogP contribution in [0.5, 0.6) is 0 Å². The molecule has 2 N–H and O–H groups in total. The average molecular weight is 404 g/mol. The van der Waals surface area contributed by atoms with Gasteiger partial charge in [-0.05, 0) is 47.1 Å². The first-order valence-electron chi connectivity index (χ1n) is 10.4. The number of nitrogens with one attached hydrogen (secondary N) is 2. The molecule has 5 nitrogen and oxygen atoms in total. The molecule has 0 saturated carbocycles. The third-order valence-electron chi connectivity index (χ3n) is 5.19. The van der Waals surface area contributed by atoms with E-state index in [1.54, 1.807) is 0 Å². The number of carbonyl (C=O) groups is 2. The van der Waals surface area contributed by atoms with E-state index in [-0.39, 0.29) is 24.8 Å². The minimum atomic E-state index is -0.235. The van der Waals surface area contributed by atoms with Gasteiger partial charge in [-0.2, -0.15) is 0 Å². The van der Waals surface area contributed by atoms with Crippen LogP contribution in [0, 0.1) is 0 Å². The highest BCUT2D eigenvalue weighted by Gasteiger charge is 2.10. The molecule has 0 aliphatic heterocycles. The third-order valence-corrected chi connectivity index (χ3v) is 5.19. The Morgan fingerprint density at radius 1 is 0.867 bits per heavy atom. The van der Waals surface area contributed by atoms with Crippen molar-refractivity contribution in [3.05, 3.63) is 77.9 Å². The largest absolute Gasteiger partial charge is 0.347 e. The highest BCUT2D eigenvalue weighted by Crippen LogP contribution is 2.18. The zero-order valence-electron chi connectivity index (χ0n) is 17.7. The van der Waals surface area contributed by atoms with Crippen LogP contribution in [0.25, 0.3) is 10.8 Å². The van der Waals surface area contributed by atoms with Crippen molar-refractivity contribution in [2.24, 2.45) is 0 Å². The molecule has 5 heteroatoms. The van der Waals surface area contributed by atoms with Gasteiger partial charge in [-0.1, -0.05) is 68.4 Å². The average Bonchev–Trinajstić information content (AvgIpc) is 2.76. The van der Waals surface area contributed by atoms with E-state index >= 15 is 0 Å². The van der Waals surface area contributed by atoms with Gasteiger partial charge in [0.2, 0.25) is 11.8 Å². The quantitative estimate of drug-likeness (QED) is 0.568. The number of hydrogen-bond acceptors (Lipinski definition) is 3. The molecular formula is C25H29N3O2. The molecule has 156 valence electrons. The van der Waals surface area contributed by atoms with E-state index < -0.39 is 0 Å². The number of fused-ring (bicyclic) bond motifs is 1. The number of anilines is 1. The van der Waals surface area contributed by atoms with Gasteiger partial charge in [0.1, 0.15) is 0 Å². The second-order valence-corrected chi connectivity index (χ2v) is 7.30. The first-order valence-corrected chi connectivity index (χ1v) is 10.4. The molecule has 0 aliphatic carbocycles. The van der Waals surface area contributed by atoms with E-state index in [2.05, 4.69) is 35.4 Å². The van der Waals surface area contributed by atoms with Gasteiger partial charge in [-0.25, -0.2) is 0 Å². The van der Waals surface area contributed by atoms with Gasteiger partial charge >= 0.3 is 0 Å². The second-order valence-electron chi connectivity index (χ2n) is 7.30. The van der Waals surface area contributed by atoms with Crippen LogP contribution in [0.4, 0.5) is 5.69 Å². The molecule has 0 spiro atoms. The van der Waals surface area contributed by atoms with Crippen molar-refractivity contribution in [3.63, 3.8) is 0 Å². The molecule has 0 atom stereocenters. The van der Waals surface area contributed by atoms with Crippen molar-refractivity contribution in [1.29, 1.82) is 0 Å². The molecule has 3 aromatic rings. The molecule has 3 rings (SSSR count). The Balaban J connectivity index is 1.52. The molecule has 0 saturated heterocycles. The van der Waals surface area contributed by atoms with Gasteiger partial charge in [0, 0.05) is 12.2 Å². The minimum absolute atomic E-state index is 0.0517. The Labute approximate surface area is 178 Å². The minimum Gasteiger partial charge on any atom is -0.347 e. The lowest BCUT2D eigenvalue weighted by molar-refractivity contribution is -0.123. The third kappa shape index (κ3) is 5.91. The van der Waals surface area contributed by atoms with Crippen LogP contribution < -0.4 is 10.6 Å². The van der Waals surface area contributed by atoms with Crippen molar-refractivity contribution < 1.29 is 9.59 Å². The monoisotopic (exact) mass is 403 g/mol. The van der Waals surface area contributed by atoms with E-state index in [1.165, 1.54) is 0 Å². The Bertz CT molecular complexity index is 1010. The molecule has 2 amide bonds. The van der Waals surface area contributed by atoms with E-state index in [4.69, 9.17) is 0 Å². The summed E-state index contributed by atoms with van der Waals surface area (Å²) in [6.07, 6.45) is 0.244. The van der Waals surface area contributed by atoms with Crippen molar-refractivity contribution in [1.82, 2.24) is 10.2 Å². The van der Waals surface area contributed by atoms with Crippen molar-refractivity contribution in [3.8, 4) is 0 Å². The SMILES string of the molecule is CCN(CC)Cc1cccc(NC(=O)CNC(=O)Cc2cccc3ccccc23)c1. The van der Waals surface area contributed by atoms with Crippen molar-refractivity contribution in [2.75, 3.05) is 25.0 Å². The summed E-state index contributed by atoms with van der Waals surface area (Å²) in [5.41, 5.74) is 2.85. The van der Waals surface area contributed by atoms with Gasteiger partial charge in [-0.3, -0.25) is 14.5 Å². The molecule has 30 heavy (non-hydrogen) atoms. The second kappa shape index (κ2) is 10.6. The van der Waals surface area contributed by atoms with Gasteiger partial charge in [0.15, 0.2) is 0 Å². The normalized spacial score (nSPS) is 10.9. The zero-order valence-corrected chi connectivity index (χ0v) is 17.7. The lowest BCUT2D eigenvalue weighted by Crippen LogP contribution is -2.33. The zero-order chi connectivity index (χ0) is 21.3. The summed E-state index contributed by atoms with van der Waals surface area (Å²) in [5, 5.41) is 7.75. The van der Waals surface area contributed by atoms with Gasteiger partial charge in [-0.15, -0.1) is 0 Å². The summed E-state index contributed by atoms with van der Waals surface area (Å²) in [7, 11) is 0. The predicted octanol–water partition coefficient (Wildman–Crippen LogP) is 3.98. The molecule has 0 fully saturated rings.